The highest BCUT2D eigenvalue weighted by Crippen LogP contribution is 2.62. The second-order valence-electron chi connectivity index (χ2n) is 11.3. The normalized spacial score (nSPS) is 27.2. The van der Waals surface area contributed by atoms with Crippen LogP contribution in [0.2, 0.25) is 0 Å². The molecule has 4 saturated carbocycles. The molecule has 0 saturated heterocycles. The Morgan fingerprint density at radius 1 is 0.971 bits per heavy atom. The van der Waals surface area contributed by atoms with Crippen molar-refractivity contribution in [2.45, 2.75) is 63.4 Å². The third kappa shape index (κ3) is 4.59. The van der Waals surface area contributed by atoms with Crippen LogP contribution < -0.4 is 10.2 Å². The summed E-state index contributed by atoms with van der Waals surface area (Å²) in [5.41, 5.74) is 4.68. The molecule has 2 aromatic carbocycles. The van der Waals surface area contributed by atoms with Crippen LogP contribution in [0.5, 0.6) is 5.75 Å². The van der Waals surface area contributed by atoms with Crippen molar-refractivity contribution in [1.29, 1.82) is 0 Å². The number of carbonyl (C=O) groups is 2. The van der Waals surface area contributed by atoms with Crippen molar-refractivity contribution >= 4 is 18.0 Å². The van der Waals surface area contributed by atoms with Gasteiger partial charge in [0.05, 0.1) is 0 Å². The van der Waals surface area contributed by atoms with E-state index in [1.807, 2.05) is 36.4 Å². The smallest absolute Gasteiger partial charge is 0.328 e. The van der Waals surface area contributed by atoms with E-state index in [9.17, 15) is 14.8 Å². The summed E-state index contributed by atoms with van der Waals surface area (Å²) in [6, 6.07) is 14.0. The van der Waals surface area contributed by atoms with Crippen LogP contribution in [0.25, 0.3) is 17.2 Å². The first-order valence-electron chi connectivity index (χ1n) is 12.5. The van der Waals surface area contributed by atoms with Crippen LogP contribution >= 0.6 is 0 Å². The Labute approximate surface area is 206 Å². The predicted octanol–water partition coefficient (Wildman–Crippen LogP) is 5.58. The lowest BCUT2D eigenvalue weighted by molar-refractivity contribution is -0.143. The number of ether oxygens (including phenoxy) is 1. The van der Waals surface area contributed by atoms with E-state index in [4.69, 9.17) is 9.84 Å². The standard InChI is InChI=1S/C29H33NO5/c1-28(2,27(33)30-34)35-25-9-8-23(22-6-3-18(4-7-22)5-10-26(31)32)14-24(25)29-15-19-11-20(16-29)13-21(12-19)17-29/h3-10,14,19-21,34H,11-13,15-17H2,1-2H3,(H,30,33)(H,31,32)/b10-5+. The molecule has 4 aliphatic carbocycles. The number of amides is 1. The molecule has 4 bridgehead atoms. The molecule has 0 aromatic heterocycles. The second-order valence-corrected chi connectivity index (χ2v) is 11.3. The Morgan fingerprint density at radius 3 is 2.09 bits per heavy atom. The van der Waals surface area contributed by atoms with Gasteiger partial charge in [0.1, 0.15) is 5.75 Å². The number of hydrogen-bond donors (Lipinski definition) is 3. The maximum atomic E-state index is 12.3. The zero-order valence-corrected chi connectivity index (χ0v) is 20.3. The van der Waals surface area contributed by atoms with Crippen LogP contribution in [0.3, 0.4) is 0 Å². The van der Waals surface area contributed by atoms with Gasteiger partial charge in [0.25, 0.3) is 5.91 Å². The molecule has 6 heteroatoms. The van der Waals surface area contributed by atoms with Gasteiger partial charge in [-0.05, 0) is 110 Å². The average Bonchev–Trinajstić information content (AvgIpc) is 2.81. The average molecular weight is 476 g/mol. The van der Waals surface area contributed by atoms with E-state index in [0.717, 1.165) is 59.8 Å². The summed E-state index contributed by atoms with van der Waals surface area (Å²) in [5.74, 6) is 1.43. The highest BCUT2D eigenvalue weighted by atomic mass is 16.5. The molecule has 0 heterocycles. The highest BCUT2D eigenvalue weighted by Gasteiger charge is 2.52. The molecule has 4 fully saturated rings. The van der Waals surface area contributed by atoms with E-state index in [-0.39, 0.29) is 5.41 Å². The van der Waals surface area contributed by atoms with Crippen LogP contribution in [0.1, 0.15) is 63.5 Å². The van der Waals surface area contributed by atoms with Crippen LogP contribution in [-0.4, -0.2) is 27.8 Å². The van der Waals surface area contributed by atoms with Crippen LogP contribution in [0.4, 0.5) is 0 Å². The number of carboxylic acids is 1. The molecule has 4 aliphatic rings. The molecule has 1 amide bonds. The molecule has 184 valence electrons. The summed E-state index contributed by atoms with van der Waals surface area (Å²) in [5, 5.41) is 18.1. The maximum Gasteiger partial charge on any atom is 0.328 e. The first-order valence-corrected chi connectivity index (χ1v) is 12.5. The molecule has 2 aromatic rings. The predicted molar refractivity (Wildman–Crippen MR) is 133 cm³/mol. The van der Waals surface area contributed by atoms with Gasteiger partial charge in [0, 0.05) is 11.6 Å². The van der Waals surface area contributed by atoms with Gasteiger partial charge in [0.2, 0.25) is 0 Å². The molecular weight excluding hydrogens is 442 g/mol. The minimum atomic E-state index is -1.22. The van der Waals surface area contributed by atoms with Crippen LogP contribution in [0.15, 0.2) is 48.5 Å². The van der Waals surface area contributed by atoms with Crippen molar-refractivity contribution in [2.24, 2.45) is 17.8 Å². The number of hydroxylamine groups is 1. The molecule has 6 nitrogen and oxygen atoms in total. The zero-order valence-electron chi connectivity index (χ0n) is 20.3. The molecule has 0 unspecified atom stereocenters. The molecular formula is C29H33NO5. The SMILES string of the molecule is CC(C)(Oc1ccc(-c2ccc(/C=C/C(=O)O)cc2)cc1C12CC3CC(CC(C3)C1)C2)C(=O)NO. The summed E-state index contributed by atoms with van der Waals surface area (Å²) in [6.45, 7) is 3.33. The number of aliphatic carboxylic acids is 1. The van der Waals surface area contributed by atoms with Gasteiger partial charge in [-0.2, -0.15) is 0 Å². The fraction of sp³-hybridized carbons (Fsp3) is 0.448. The fourth-order valence-corrected chi connectivity index (χ4v) is 7.06. The van der Waals surface area contributed by atoms with Gasteiger partial charge in [0.15, 0.2) is 5.60 Å². The van der Waals surface area contributed by atoms with Crippen molar-refractivity contribution in [3.05, 3.63) is 59.7 Å². The Balaban J connectivity index is 1.54. The topological polar surface area (TPSA) is 95.9 Å². The third-order valence-corrected chi connectivity index (χ3v) is 8.27. The summed E-state index contributed by atoms with van der Waals surface area (Å²) in [6.07, 6.45) is 10.2. The molecule has 6 rings (SSSR count). The number of nitrogens with one attached hydrogen (secondary N) is 1. The largest absolute Gasteiger partial charge is 0.478 e. The van der Waals surface area contributed by atoms with Crippen molar-refractivity contribution in [2.75, 3.05) is 0 Å². The lowest BCUT2D eigenvalue weighted by atomic mass is 9.48. The molecule has 0 radical (unpaired) electrons. The van der Waals surface area contributed by atoms with Crippen LogP contribution in [-0.2, 0) is 15.0 Å². The molecule has 35 heavy (non-hydrogen) atoms. The van der Waals surface area contributed by atoms with Crippen molar-refractivity contribution in [3.63, 3.8) is 0 Å². The number of rotatable bonds is 7. The maximum absolute atomic E-state index is 12.3. The van der Waals surface area contributed by atoms with Crippen molar-refractivity contribution < 1.29 is 24.6 Å². The van der Waals surface area contributed by atoms with Gasteiger partial charge < -0.3 is 9.84 Å². The first kappa shape index (κ1) is 23.6. The Kier molecular flexibility index (Phi) is 5.96. The Morgan fingerprint density at radius 2 is 1.54 bits per heavy atom. The second kappa shape index (κ2) is 8.83. The lowest BCUT2D eigenvalue weighted by Gasteiger charge is -2.57. The van der Waals surface area contributed by atoms with E-state index < -0.39 is 17.5 Å². The summed E-state index contributed by atoms with van der Waals surface area (Å²) in [4.78, 5) is 23.1. The van der Waals surface area contributed by atoms with Crippen LogP contribution in [0, 0.1) is 17.8 Å². The van der Waals surface area contributed by atoms with E-state index >= 15 is 0 Å². The quantitative estimate of drug-likeness (QED) is 0.276. The Hall–Kier alpha value is -3.12. The lowest BCUT2D eigenvalue weighted by Crippen LogP contribution is -2.49. The molecule has 0 atom stereocenters. The van der Waals surface area contributed by atoms with E-state index in [1.165, 1.54) is 24.8 Å². The summed E-state index contributed by atoms with van der Waals surface area (Å²) >= 11 is 0. The number of carboxylic acid groups (broad SMARTS) is 1. The number of hydrogen-bond acceptors (Lipinski definition) is 4. The molecule has 0 aliphatic heterocycles. The monoisotopic (exact) mass is 475 g/mol. The van der Waals surface area contributed by atoms with E-state index in [0.29, 0.717) is 5.75 Å². The highest BCUT2D eigenvalue weighted by molar-refractivity contribution is 5.85. The minimum Gasteiger partial charge on any atom is -0.478 e. The summed E-state index contributed by atoms with van der Waals surface area (Å²) in [7, 11) is 0. The first-order chi connectivity index (χ1) is 16.7. The third-order valence-electron chi connectivity index (χ3n) is 8.27. The van der Waals surface area contributed by atoms with Gasteiger partial charge in [-0.3, -0.25) is 10.0 Å². The molecule has 3 N–H and O–H groups in total. The van der Waals surface area contributed by atoms with Gasteiger partial charge in [-0.15, -0.1) is 0 Å². The number of carbonyl (C=O) groups excluding carboxylic acids is 1. The van der Waals surface area contributed by atoms with Gasteiger partial charge >= 0.3 is 5.97 Å². The minimum absolute atomic E-state index is 0.0516. The van der Waals surface area contributed by atoms with E-state index in [2.05, 4.69) is 6.07 Å². The van der Waals surface area contributed by atoms with Gasteiger partial charge in [-0.25, -0.2) is 10.3 Å². The number of benzene rings is 2. The molecule has 0 spiro atoms. The van der Waals surface area contributed by atoms with E-state index in [1.54, 1.807) is 25.4 Å². The van der Waals surface area contributed by atoms with Gasteiger partial charge in [-0.1, -0.05) is 30.3 Å². The van der Waals surface area contributed by atoms with Crippen molar-refractivity contribution in [1.82, 2.24) is 5.48 Å². The zero-order chi connectivity index (χ0) is 24.8. The van der Waals surface area contributed by atoms with Crippen molar-refractivity contribution in [3.8, 4) is 16.9 Å². The summed E-state index contributed by atoms with van der Waals surface area (Å²) < 4.78 is 6.30. The fourth-order valence-electron chi connectivity index (χ4n) is 7.06. The Bertz CT molecular complexity index is 1130.